The topological polar surface area (TPSA) is 72.2 Å². The van der Waals surface area contributed by atoms with Crippen LogP contribution in [0.3, 0.4) is 0 Å². The van der Waals surface area contributed by atoms with Crippen LogP contribution < -0.4 is 5.32 Å². The van der Waals surface area contributed by atoms with E-state index in [1.54, 1.807) is 16.8 Å². The van der Waals surface area contributed by atoms with Crippen LogP contribution in [0.5, 0.6) is 0 Å². The van der Waals surface area contributed by atoms with E-state index in [2.05, 4.69) is 15.4 Å². The Morgan fingerprint density at radius 3 is 2.19 bits per heavy atom. The van der Waals surface area contributed by atoms with Gasteiger partial charge in [-0.2, -0.15) is 5.10 Å². The lowest BCUT2D eigenvalue weighted by atomic mass is 10.1. The number of aromatic nitrogens is 4. The summed E-state index contributed by atoms with van der Waals surface area (Å²) < 4.78 is 1.62. The molecule has 5 rings (SSSR count). The lowest BCUT2D eigenvalue weighted by molar-refractivity contribution is 0.0946. The Hall–Kier alpha value is -4.32. The monoisotopic (exact) mass is 419 g/mol. The molecule has 6 nitrogen and oxygen atoms in total. The summed E-state index contributed by atoms with van der Waals surface area (Å²) in [7, 11) is 0. The first kappa shape index (κ1) is 19.6. The summed E-state index contributed by atoms with van der Waals surface area (Å²) in [6.45, 7) is 0.479. The van der Waals surface area contributed by atoms with E-state index in [4.69, 9.17) is 4.98 Å². The van der Waals surface area contributed by atoms with Gasteiger partial charge in [0.25, 0.3) is 5.91 Å². The first-order chi connectivity index (χ1) is 15.8. The highest BCUT2D eigenvalue weighted by Gasteiger charge is 2.17. The third-order valence-corrected chi connectivity index (χ3v) is 5.19. The van der Waals surface area contributed by atoms with Crippen molar-refractivity contribution in [3.8, 4) is 22.5 Å². The second-order valence-electron chi connectivity index (χ2n) is 7.39. The molecule has 0 bridgehead atoms. The molecule has 0 aliphatic rings. The van der Waals surface area contributed by atoms with Crippen molar-refractivity contribution in [1.82, 2.24) is 24.9 Å². The highest BCUT2D eigenvalue weighted by atomic mass is 16.2. The van der Waals surface area contributed by atoms with E-state index in [0.29, 0.717) is 24.3 Å². The molecule has 3 aromatic heterocycles. The molecule has 0 fully saturated rings. The number of hydrogen-bond acceptors (Lipinski definition) is 4. The zero-order valence-corrected chi connectivity index (χ0v) is 17.3. The van der Waals surface area contributed by atoms with Crippen molar-refractivity contribution in [3.63, 3.8) is 0 Å². The summed E-state index contributed by atoms with van der Waals surface area (Å²) in [5, 5.41) is 7.69. The number of benzene rings is 2. The number of carbonyl (C=O) groups is 1. The van der Waals surface area contributed by atoms with E-state index in [1.807, 2.05) is 84.9 Å². The predicted octanol–water partition coefficient (Wildman–Crippen LogP) is 4.43. The van der Waals surface area contributed by atoms with Crippen molar-refractivity contribution in [2.24, 2.45) is 0 Å². The zero-order valence-electron chi connectivity index (χ0n) is 17.3. The van der Waals surface area contributed by atoms with Gasteiger partial charge in [-0.15, -0.1) is 0 Å². The molecule has 6 heteroatoms. The van der Waals surface area contributed by atoms with Crippen LogP contribution in [0.15, 0.2) is 97.2 Å². The summed E-state index contributed by atoms with van der Waals surface area (Å²) in [6, 6.07) is 29.2. The minimum atomic E-state index is -0.201. The van der Waals surface area contributed by atoms with Crippen molar-refractivity contribution < 1.29 is 4.79 Å². The molecule has 2 aromatic carbocycles. The summed E-state index contributed by atoms with van der Waals surface area (Å²) in [6.07, 6.45) is 2.41. The number of amides is 1. The smallest absolute Gasteiger partial charge is 0.270 e. The van der Waals surface area contributed by atoms with Crippen molar-refractivity contribution in [2.45, 2.75) is 6.42 Å². The summed E-state index contributed by atoms with van der Waals surface area (Å²) in [4.78, 5) is 22.2. The van der Waals surface area contributed by atoms with Gasteiger partial charge < -0.3 is 5.32 Å². The van der Waals surface area contributed by atoms with Gasteiger partial charge >= 0.3 is 0 Å². The molecule has 156 valence electrons. The van der Waals surface area contributed by atoms with Crippen LogP contribution in [0.4, 0.5) is 0 Å². The first-order valence-corrected chi connectivity index (χ1v) is 10.5. The van der Waals surface area contributed by atoms with E-state index in [1.165, 1.54) is 0 Å². The van der Waals surface area contributed by atoms with Gasteiger partial charge in [0.2, 0.25) is 0 Å². The van der Waals surface area contributed by atoms with Crippen LogP contribution in [-0.2, 0) is 6.42 Å². The molecule has 1 N–H and O–H groups in total. The summed E-state index contributed by atoms with van der Waals surface area (Å²) >= 11 is 0. The van der Waals surface area contributed by atoms with Crippen LogP contribution >= 0.6 is 0 Å². The molecule has 5 aromatic rings. The maximum absolute atomic E-state index is 13.2. The lowest BCUT2D eigenvalue weighted by Crippen LogP contribution is -2.28. The van der Waals surface area contributed by atoms with Gasteiger partial charge in [-0.05, 0) is 18.2 Å². The molecule has 0 aliphatic heterocycles. The van der Waals surface area contributed by atoms with Crippen LogP contribution in [0.25, 0.3) is 28.2 Å². The Labute approximate surface area is 185 Å². The van der Waals surface area contributed by atoms with Gasteiger partial charge in [0.05, 0.1) is 11.4 Å². The minimum Gasteiger partial charge on any atom is -0.350 e. The van der Waals surface area contributed by atoms with Crippen LogP contribution in [0.1, 0.15) is 16.2 Å². The van der Waals surface area contributed by atoms with E-state index in [9.17, 15) is 4.79 Å². The molecule has 0 radical (unpaired) electrons. The van der Waals surface area contributed by atoms with E-state index in [-0.39, 0.29) is 5.91 Å². The Balaban J connectivity index is 1.51. The quantitative estimate of drug-likeness (QED) is 0.442. The molecule has 1 amide bonds. The average Bonchev–Trinajstić information content (AvgIpc) is 3.29. The lowest BCUT2D eigenvalue weighted by Gasteiger charge is -2.09. The van der Waals surface area contributed by atoms with Gasteiger partial charge in [-0.1, -0.05) is 66.7 Å². The van der Waals surface area contributed by atoms with E-state index < -0.39 is 0 Å². The minimum absolute atomic E-state index is 0.201. The number of fused-ring (bicyclic) bond motifs is 1. The third-order valence-electron chi connectivity index (χ3n) is 5.19. The second-order valence-corrected chi connectivity index (χ2v) is 7.39. The van der Waals surface area contributed by atoms with Crippen LogP contribution in [0.2, 0.25) is 0 Å². The molecule has 0 aliphatic carbocycles. The largest absolute Gasteiger partial charge is 0.350 e. The molecule has 0 spiro atoms. The number of carbonyl (C=O) groups excluding carboxylic acids is 1. The molecule has 0 unspecified atom stereocenters. The maximum atomic E-state index is 13.2. The number of nitrogens with zero attached hydrogens (tertiary/aromatic N) is 4. The van der Waals surface area contributed by atoms with E-state index in [0.717, 1.165) is 28.2 Å². The molecule has 0 atom stereocenters. The fraction of sp³-hybridized carbons (Fsp3) is 0.0769. The molecular weight excluding hydrogens is 398 g/mol. The van der Waals surface area contributed by atoms with Crippen molar-refractivity contribution in [1.29, 1.82) is 0 Å². The fourth-order valence-corrected chi connectivity index (χ4v) is 3.58. The zero-order chi connectivity index (χ0) is 21.8. The standard InChI is InChI=1S/C26H21N5O/c32-26(28-16-14-21-13-7-8-15-27-21)24-17-22(19-9-3-1-4-10-19)29-25-18-23(30-31(24)25)20-11-5-2-6-12-20/h1-13,15,17-18H,14,16H2,(H,28,32). The Morgan fingerprint density at radius 1 is 0.812 bits per heavy atom. The molecule has 32 heavy (non-hydrogen) atoms. The van der Waals surface area contributed by atoms with Gasteiger partial charge in [0, 0.05) is 42.0 Å². The molecule has 3 heterocycles. The van der Waals surface area contributed by atoms with Crippen molar-refractivity contribution >= 4 is 11.6 Å². The molecule has 0 saturated heterocycles. The number of pyridine rings is 1. The Morgan fingerprint density at radius 2 is 1.50 bits per heavy atom. The van der Waals surface area contributed by atoms with Gasteiger partial charge in [-0.3, -0.25) is 9.78 Å². The van der Waals surface area contributed by atoms with Crippen molar-refractivity contribution in [2.75, 3.05) is 6.54 Å². The van der Waals surface area contributed by atoms with Crippen molar-refractivity contribution in [3.05, 3.63) is 109 Å². The number of nitrogens with one attached hydrogen (secondary N) is 1. The number of hydrogen-bond donors (Lipinski definition) is 1. The number of rotatable bonds is 6. The molecule has 0 saturated carbocycles. The van der Waals surface area contributed by atoms with Gasteiger partial charge in [0.1, 0.15) is 5.69 Å². The summed E-state index contributed by atoms with van der Waals surface area (Å²) in [5.41, 5.74) is 5.42. The Bertz CT molecular complexity index is 1350. The summed E-state index contributed by atoms with van der Waals surface area (Å²) in [5.74, 6) is -0.201. The second kappa shape index (κ2) is 8.81. The highest BCUT2D eigenvalue weighted by molar-refractivity contribution is 5.94. The first-order valence-electron chi connectivity index (χ1n) is 10.5. The molecular formula is C26H21N5O. The Kier molecular flexibility index (Phi) is 5.41. The van der Waals surface area contributed by atoms with Crippen LogP contribution in [0, 0.1) is 0 Å². The van der Waals surface area contributed by atoms with Gasteiger partial charge in [-0.25, -0.2) is 9.50 Å². The normalized spacial score (nSPS) is 10.9. The predicted molar refractivity (Wildman–Crippen MR) is 124 cm³/mol. The van der Waals surface area contributed by atoms with E-state index >= 15 is 0 Å². The highest BCUT2D eigenvalue weighted by Crippen LogP contribution is 2.23. The SMILES string of the molecule is O=C(NCCc1ccccn1)c1cc(-c2ccccc2)nc2cc(-c3ccccc3)nn12. The third kappa shape index (κ3) is 4.11. The fourth-order valence-electron chi connectivity index (χ4n) is 3.58. The van der Waals surface area contributed by atoms with Crippen LogP contribution in [-0.4, -0.2) is 32.0 Å². The maximum Gasteiger partial charge on any atom is 0.270 e. The van der Waals surface area contributed by atoms with Gasteiger partial charge in [0.15, 0.2) is 5.65 Å². The average molecular weight is 419 g/mol.